The molecule has 0 aromatic heterocycles. The van der Waals surface area contributed by atoms with Crippen LogP contribution in [0.15, 0.2) is 0 Å². The Hall–Kier alpha value is -0.770. The van der Waals surface area contributed by atoms with Gasteiger partial charge < -0.3 is 14.7 Å². The fourth-order valence-corrected chi connectivity index (χ4v) is 3.22. The predicted octanol–water partition coefficient (Wildman–Crippen LogP) is 3.58. The van der Waals surface area contributed by atoms with Crippen molar-refractivity contribution in [2.45, 2.75) is 71.3 Å². The molecule has 1 saturated carbocycles. The molecule has 0 aromatic rings. The standard InChI is InChI=1S/C17H31NO3/c1-16(2,3)21-15(20)18-11-5-7-14(12-18)6-4-8-17(13-19)9-10-17/h14,19H,4-13H2,1-3H3. The summed E-state index contributed by atoms with van der Waals surface area (Å²) in [5.41, 5.74) is -0.150. The van der Waals surface area contributed by atoms with Crippen molar-refractivity contribution >= 4 is 6.09 Å². The van der Waals surface area contributed by atoms with Crippen LogP contribution in [0.25, 0.3) is 0 Å². The zero-order valence-corrected chi connectivity index (χ0v) is 13.9. The molecule has 1 aliphatic heterocycles. The van der Waals surface area contributed by atoms with Crippen LogP contribution < -0.4 is 0 Å². The van der Waals surface area contributed by atoms with Gasteiger partial charge in [0, 0.05) is 19.7 Å². The van der Waals surface area contributed by atoms with Gasteiger partial charge in [-0.1, -0.05) is 6.42 Å². The smallest absolute Gasteiger partial charge is 0.410 e. The van der Waals surface area contributed by atoms with Gasteiger partial charge >= 0.3 is 6.09 Å². The van der Waals surface area contributed by atoms with Crippen LogP contribution in [0.1, 0.15) is 65.7 Å². The molecule has 0 spiro atoms. The van der Waals surface area contributed by atoms with Gasteiger partial charge in [0.25, 0.3) is 0 Å². The van der Waals surface area contributed by atoms with Gasteiger partial charge in [0.2, 0.25) is 0 Å². The fourth-order valence-electron chi connectivity index (χ4n) is 3.22. The highest BCUT2D eigenvalue weighted by molar-refractivity contribution is 5.68. The Labute approximate surface area is 128 Å². The van der Waals surface area contributed by atoms with Crippen molar-refractivity contribution in [3.05, 3.63) is 0 Å². The third-order valence-electron chi connectivity index (χ3n) is 4.78. The van der Waals surface area contributed by atoms with E-state index in [0.717, 1.165) is 25.9 Å². The monoisotopic (exact) mass is 297 g/mol. The van der Waals surface area contributed by atoms with Crippen LogP contribution in [0, 0.1) is 11.3 Å². The van der Waals surface area contributed by atoms with E-state index >= 15 is 0 Å². The molecular weight excluding hydrogens is 266 g/mol. The Morgan fingerprint density at radius 1 is 1.38 bits per heavy atom. The summed E-state index contributed by atoms with van der Waals surface area (Å²) in [4.78, 5) is 14.0. The van der Waals surface area contributed by atoms with Crippen molar-refractivity contribution in [1.29, 1.82) is 0 Å². The minimum atomic E-state index is -0.413. The van der Waals surface area contributed by atoms with Crippen molar-refractivity contribution in [1.82, 2.24) is 4.90 Å². The first-order valence-corrected chi connectivity index (χ1v) is 8.42. The number of piperidine rings is 1. The van der Waals surface area contributed by atoms with Crippen LogP contribution >= 0.6 is 0 Å². The minimum Gasteiger partial charge on any atom is -0.444 e. The van der Waals surface area contributed by atoms with E-state index in [-0.39, 0.29) is 11.5 Å². The fraction of sp³-hybridized carbons (Fsp3) is 0.941. The second kappa shape index (κ2) is 6.55. The Morgan fingerprint density at radius 3 is 2.67 bits per heavy atom. The Bertz CT molecular complexity index is 358. The third-order valence-corrected chi connectivity index (χ3v) is 4.78. The van der Waals surface area contributed by atoms with E-state index < -0.39 is 5.60 Å². The topological polar surface area (TPSA) is 49.8 Å². The van der Waals surface area contributed by atoms with Crippen LogP contribution in [0.5, 0.6) is 0 Å². The van der Waals surface area contributed by atoms with E-state index in [1.165, 1.54) is 32.1 Å². The van der Waals surface area contributed by atoms with Crippen molar-refractivity contribution < 1.29 is 14.6 Å². The molecule has 4 heteroatoms. The predicted molar refractivity (Wildman–Crippen MR) is 83.1 cm³/mol. The van der Waals surface area contributed by atoms with Gasteiger partial charge in [0.1, 0.15) is 5.60 Å². The van der Waals surface area contributed by atoms with Gasteiger partial charge in [0.15, 0.2) is 0 Å². The van der Waals surface area contributed by atoms with Crippen LogP contribution in [-0.2, 0) is 4.74 Å². The molecule has 1 saturated heterocycles. The maximum absolute atomic E-state index is 12.1. The van der Waals surface area contributed by atoms with E-state index in [2.05, 4.69) is 0 Å². The first-order chi connectivity index (χ1) is 9.84. The maximum Gasteiger partial charge on any atom is 0.410 e. The van der Waals surface area contributed by atoms with Gasteiger partial charge in [0.05, 0.1) is 0 Å². The average Bonchev–Trinajstić information content (AvgIpc) is 3.18. The Morgan fingerprint density at radius 2 is 2.10 bits per heavy atom. The number of carbonyl (C=O) groups is 1. The molecule has 0 radical (unpaired) electrons. The highest BCUT2D eigenvalue weighted by Crippen LogP contribution is 2.49. The number of hydrogen-bond acceptors (Lipinski definition) is 3. The molecular formula is C17H31NO3. The van der Waals surface area contributed by atoms with Gasteiger partial charge in [-0.25, -0.2) is 4.79 Å². The highest BCUT2D eigenvalue weighted by Gasteiger charge is 2.41. The summed E-state index contributed by atoms with van der Waals surface area (Å²) < 4.78 is 5.47. The number of nitrogens with zero attached hydrogens (tertiary/aromatic N) is 1. The van der Waals surface area contributed by atoms with Crippen LogP contribution in [-0.4, -0.2) is 41.4 Å². The lowest BCUT2D eigenvalue weighted by molar-refractivity contribution is 0.0159. The molecule has 2 aliphatic rings. The number of carbonyl (C=O) groups excluding carboxylic acids is 1. The number of rotatable bonds is 5. The van der Waals surface area contributed by atoms with Crippen molar-refractivity contribution in [2.75, 3.05) is 19.7 Å². The lowest BCUT2D eigenvalue weighted by atomic mass is 9.90. The quantitative estimate of drug-likeness (QED) is 0.844. The molecule has 1 N–H and O–H groups in total. The van der Waals surface area contributed by atoms with Gasteiger partial charge in [-0.15, -0.1) is 0 Å². The summed E-state index contributed by atoms with van der Waals surface area (Å²) in [6.45, 7) is 7.75. The van der Waals surface area contributed by atoms with E-state index in [9.17, 15) is 9.90 Å². The molecule has 1 aliphatic carbocycles. The molecule has 1 unspecified atom stereocenters. The molecule has 21 heavy (non-hydrogen) atoms. The van der Waals surface area contributed by atoms with Gasteiger partial charge in [-0.05, 0) is 70.6 Å². The summed E-state index contributed by atoms with van der Waals surface area (Å²) in [6, 6.07) is 0. The third kappa shape index (κ3) is 5.17. The molecule has 2 fully saturated rings. The average molecular weight is 297 g/mol. The van der Waals surface area contributed by atoms with E-state index in [1.807, 2.05) is 25.7 Å². The Kier molecular flexibility index (Phi) is 5.18. The number of amides is 1. The first-order valence-electron chi connectivity index (χ1n) is 8.42. The molecule has 1 amide bonds. The van der Waals surface area contributed by atoms with E-state index in [0.29, 0.717) is 12.5 Å². The molecule has 1 heterocycles. The number of aliphatic hydroxyl groups is 1. The first kappa shape index (κ1) is 16.6. The summed E-state index contributed by atoms with van der Waals surface area (Å²) in [6.07, 6.45) is 8.00. The van der Waals surface area contributed by atoms with Crippen molar-refractivity contribution in [3.63, 3.8) is 0 Å². The summed E-state index contributed by atoms with van der Waals surface area (Å²) in [5.74, 6) is 0.598. The Balaban J connectivity index is 1.71. The van der Waals surface area contributed by atoms with Crippen molar-refractivity contribution in [2.24, 2.45) is 11.3 Å². The molecule has 2 rings (SSSR count). The van der Waals surface area contributed by atoms with Gasteiger partial charge in [-0.2, -0.15) is 0 Å². The minimum absolute atomic E-state index is 0.166. The van der Waals surface area contributed by atoms with E-state index in [1.54, 1.807) is 0 Å². The highest BCUT2D eigenvalue weighted by atomic mass is 16.6. The summed E-state index contributed by atoms with van der Waals surface area (Å²) in [7, 11) is 0. The SMILES string of the molecule is CC(C)(C)OC(=O)N1CCCC(CCCC2(CO)CC2)C1. The largest absolute Gasteiger partial charge is 0.444 e. The number of aliphatic hydroxyl groups excluding tert-OH is 1. The van der Waals surface area contributed by atoms with Crippen LogP contribution in [0.3, 0.4) is 0 Å². The van der Waals surface area contributed by atoms with Gasteiger partial charge in [-0.3, -0.25) is 0 Å². The van der Waals surface area contributed by atoms with Crippen LogP contribution in [0.4, 0.5) is 4.79 Å². The number of likely N-dealkylation sites (tertiary alicyclic amines) is 1. The molecule has 1 atom stereocenters. The number of hydrogen-bond donors (Lipinski definition) is 1. The van der Waals surface area contributed by atoms with Crippen LogP contribution in [0.2, 0.25) is 0 Å². The second-order valence-electron chi connectivity index (χ2n) is 7.98. The second-order valence-corrected chi connectivity index (χ2v) is 7.98. The zero-order valence-electron chi connectivity index (χ0n) is 13.9. The molecule has 122 valence electrons. The normalized spacial score (nSPS) is 24.8. The van der Waals surface area contributed by atoms with E-state index in [4.69, 9.17) is 4.74 Å². The summed E-state index contributed by atoms with van der Waals surface area (Å²) >= 11 is 0. The zero-order chi connectivity index (χ0) is 15.5. The molecule has 4 nitrogen and oxygen atoms in total. The maximum atomic E-state index is 12.1. The summed E-state index contributed by atoms with van der Waals surface area (Å²) in [5, 5.41) is 9.35. The van der Waals surface area contributed by atoms with Crippen molar-refractivity contribution in [3.8, 4) is 0 Å². The molecule has 0 bridgehead atoms. The lowest BCUT2D eigenvalue weighted by Gasteiger charge is -2.34. The molecule has 0 aromatic carbocycles. The number of ether oxygens (including phenoxy) is 1. The lowest BCUT2D eigenvalue weighted by Crippen LogP contribution is -2.42.